The third kappa shape index (κ3) is 4.34. The quantitative estimate of drug-likeness (QED) is 0.564. The number of anilines is 1. The Labute approximate surface area is 185 Å². The second-order valence-corrected chi connectivity index (χ2v) is 8.10. The molecule has 1 heterocycles. The normalized spacial score (nSPS) is 12.4. The molecule has 3 aromatic carbocycles. The molecule has 0 saturated heterocycles. The van der Waals surface area contributed by atoms with E-state index in [0.29, 0.717) is 29.9 Å². The van der Waals surface area contributed by atoms with Crippen LogP contribution in [0.3, 0.4) is 0 Å². The summed E-state index contributed by atoms with van der Waals surface area (Å²) < 4.78 is 5.16. The molecule has 0 fully saturated rings. The zero-order valence-corrected chi connectivity index (χ0v) is 17.9. The smallest absolute Gasteiger partial charge is 0.259 e. The fourth-order valence-electron chi connectivity index (χ4n) is 3.40. The Morgan fingerprint density at radius 2 is 1.87 bits per heavy atom. The number of nitrogens with zero attached hydrogens (tertiary/aromatic N) is 1. The lowest BCUT2D eigenvalue weighted by Crippen LogP contribution is -2.31. The highest BCUT2D eigenvalue weighted by Crippen LogP contribution is 2.41. The highest BCUT2D eigenvalue weighted by molar-refractivity contribution is 7.99. The first kappa shape index (κ1) is 20.8. The van der Waals surface area contributed by atoms with Crippen molar-refractivity contribution in [1.29, 1.82) is 0 Å². The van der Waals surface area contributed by atoms with Gasteiger partial charge in [-0.25, -0.2) is 0 Å². The first-order chi connectivity index (χ1) is 15.1. The van der Waals surface area contributed by atoms with Gasteiger partial charge < -0.3 is 15.0 Å². The third-order valence-corrected chi connectivity index (χ3v) is 6.16. The lowest BCUT2D eigenvalue weighted by Gasteiger charge is -2.22. The molecule has 1 N–H and O–H groups in total. The average Bonchev–Trinajstić information content (AvgIpc) is 2.92. The van der Waals surface area contributed by atoms with Gasteiger partial charge in [-0.3, -0.25) is 9.59 Å². The van der Waals surface area contributed by atoms with Gasteiger partial charge in [0.25, 0.3) is 11.8 Å². The van der Waals surface area contributed by atoms with Crippen molar-refractivity contribution in [1.82, 2.24) is 5.32 Å². The van der Waals surface area contributed by atoms with Gasteiger partial charge in [0.05, 0.1) is 18.4 Å². The van der Waals surface area contributed by atoms with Gasteiger partial charge in [0.1, 0.15) is 5.75 Å². The lowest BCUT2D eigenvalue weighted by atomic mass is 10.1. The first-order valence-electron chi connectivity index (χ1n) is 9.85. The molecule has 2 amide bonds. The number of rotatable bonds is 6. The van der Waals surface area contributed by atoms with Crippen LogP contribution in [0.25, 0.3) is 0 Å². The van der Waals surface area contributed by atoms with Gasteiger partial charge in [0.2, 0.25) is 0 Å². The molecule has 156 valence electrons. The molecular formula is C25H22N2O3S. The minimum Gasteiger partial charge on any atom is -0.497 e. The number of hydrogen-bond acceptors (Lipinski definition) is 4. The first-order valence-corrected chi connectivity index (χ1v) is 10.7. The number of nitrogens with one attached hydrogen (secondary N) is 1. The summed E-state index contributed by atoms with van der Waals surface area (Å²) in [6.07, 6.45) is 1.69. The van der Waals surface area contributed by atoms with Crippen LogP contribution in [0.15, 0.2) is 89.2 Å². The van der Waals surface area contributed by atoms with Crippen LogP contribution in [0.5, 0.6) is 5.75 Å². The van der Waals surface area contributed by atoms with Crippen LogP contribution < -0.4 is 15.0 Å². The van der Waals surface area contributed by atoms with E-state index >= 15 is 0 Å². The molecule has 31 heavy (non-hydrogen) atoms. The second-order valence-electron chi connectivity index (χ2n) is 7.02. The number of carbonyl (C=O) groups is 2. The molecule has 0 aliphatic carbocycles. The third-order valence-electron chi connectivity index (χ3n) is 5.02. The van der Waals surface area contributed by atoms with Gasteiger partial charge in [-0.15, -0.1) is 6.58 Å². The van der Waals surface area contributed by atoms with Crippen LogP contribution in [-0.4, -0.2) is 25.5 Å². The fourth-order valence-corrected chi connectivity index (χ4v) is 4.46. The molecule has 4 rings (SSSR count). The van der Waals surface area contributed by atoms with E-state index < -0.39 is 0 Å². The molecular weight excluding hydrogens is 408 g/mol. The van der Waals surface area contributed by atoms with Gasteiger partial charge in [0, 0.05) is 28.4 Å². The minimum absolute atomic E-state index is 0.0995. The summed E-state index contributed by atoms with van der Waals surface area (Å²) in [5.41, 5.74) is 2.83. The molecule has 0 unspecified atom stereocenters. The topological polar surface area (TPSA) is 58.6 Å². The number of ether oxygens (including phenoxy) is 1. The largest absolute Gasteiger partial charge is 0.497 e. The molecule has 0 aromatic heterocycles. The molecule has 1 aliphatic heterocycles. The molecule has 0 spiro atoms. The number of fused-ring (bicyclic) bond motifs is 2. The van der Waals surface area contributed by atoms with Crippen molar-refractivity contribution < 1.29 is 14.3 Å². The van der Waals surface area contributed by atoms with E-state index in [4.69, 9.17) is 4.74 Å². The number of carbonyl (C=O) groups excluding carboxylic acids is 2. The van der Waals surface area contributed by atoms with Gasteiger partial charge in [-0.2, -0.15) is 0 Å². The van der Waals surface area contributed by atoms with E-state index in [2.05, 4.69) is 11.9 Å². The van der Waals surface area contributed by atoms with Gasteiger partial charge >= 0.3 is 0 Å². The van der Waals surface area contributed by atoms with Crippen LogP contribution in [0.1, 0.15) is 26.3 Å². The highest BCUT2D eigenvalue weighted by Gasteiger charge is 2.27. The monoisotopic (exact) mass is 430 g/mol. The maximum Gasteiger partial charge on any atom is 0.259 e. The Morgan fingerprint density at radius 3 is 2.61 bits per heavy atom. The maximum atomic E-state index is 13.2. The molecule has 0 radical (unpaired) electrons. The van der Waals surface area contributed by atoms with E-state index in [1.807, 2.05) is 54.6 Å². The predicted octanol–water partition coefficient (Wildman–Crippen LogP) is 4.92. The fraction of sp³-hybridized carbons (Fsp3) is 0.120. The molecule has 5 nitrogen and oxygen atoms in total. The molecule has 3 aromatic rings. The van der Waals surface area contributed by atoms with Crippen LogP contribution in [0.2, 0.25) is 0 Å². The van der Waals surface area contributed by atoms with Crippen LogP contribution in [-0.2, 0) is 6.54 Å². The summed E-state index contributed by atoms with van der Waals surface area (Å²) in [5.74, 6) is 0.472. The summed E-state index contributed by atoms with van der Waals surface area (Å²) in [7, 11) is 1.62. The van der Waals surface area contributed by atoms with E-state index in [0.717, 1.165) is 21.1 Å². The molecule has 6 heteroatoms. The zero-order valence-electron chi connectivity index (χ0n) is 17.1. The maximum absolute atomic E-state index is 13.2. The number of benzene rings is 3. The molecule has 0 atom stereocenters. The van der Waals surface area contributed by atoms with E-state index in [1.165, 1.54) is 11.8 Å². The van der Waals surface area contributed by atoms with E-state index in [9.17, 15) is 9.59 Å². The van der Waals surface area contributed by atoms with Crippen molar-refractivity contribution in [2.24, 2.45) is 0 Å². The minimum atomic E-state index is -0.198. The molecule has 0 bridgehead atoms. The predicted molar refractivity (Wildman–Crippen MR) is 123 cm³/mol. The average molecular weight is 431 g/mol. The van der Waals surface area contributed by atoms with Crippen molar-refractivity contribution in [2.75, 3.05) is 18.6 Å². The highest BCUT2D eigenvalue weighted by atomic mass is 32.2. The number of hydrogen-bond donors (Lipinski definition) is 1. The van der Waals surface area contributed by atoms with Crippen molar-refractivity contribution in [3.63, 3.8) is 0 Å². The summed E-state index contributed by atoms with van der Waals surface area (Å²) in [5, 5.41) is 2.94. The second kappa shape index (κ2) is 9.10. The summed E-state index contributed by atoms with van der Waals surface area (Å²) in [4.78, 5) is 29.5. The van der Waals surface area contributed by atoms with Crippen molar-refractivity contribution in [2.45, 2.75) is 16.3 Å². The summed E-state index contributed by atoms with van der Waals surface area (Å²) in [6.45, 7) is 4.55. The Balaban J connectivity index is 1.59. The standard InChI is InChI=1S/C25H22N2O3S/c1-3-14-27-21-15-18(24(28)26-16-17-8-11-19(30-2)12-9-17)10-13-23(21)31-22-7-5-4-6-20(22)25(27)29/h3-13,15H,1,14,16H2,2H3,(H,26,28). The number of methoxy groups -OCH3 is 1. The Morgan fingerprint density at radius 1 is 1.10 bits per heavy atom. The van der Waals surface area contributed by atoms with Crippen molar-refractivity contribution in [3.05, 3.63) is 96.1 Å². The number of amides is 2. The van der Waals surface area contributed by atoms with Gasteiger partial charge in [-0.05, 0) is 48.0 Å². The zero-order chi connectivity index (χ0) is 21.8. The van der Waals surface area contributed by atoms with Crippen molar-refractivity contribution in [3.8, 4) is 5.75 Å². The SMILES string of the molecule is C=CCN1C(=O)c2ccccc2Sc2ccc(C(=O)NCc3ccc(OC)cc3)cc21. The van der Waals surface area contributed by atoms with Crippen LogP contribution in [0, 0.1) is 0 Å². The van der Waals surface area contributed by atoms with Crippen LogP contribution >= 0.6 is 11.8 Å². The summed E-state index contributed by atoms with van der Waals surface area (Å²) >= 11 is 1.53. The summed E-state index contributed by atoms with van der Waals surface area (Å²) in [6, 6.07) is 20.6. The van der Waals surface area contributed by atoms with Gasteiger partial charge in [-0.1, -0.05) is 42.1 Å². The Bertz CT molecular complexity index is 1140. The lowest BCUT2D eigenvalue weighted by molar-refractivity contribution is 0.0948. The Kier molecular flexibility index (Phi) is 6.09. The van der Waals surface area contributed by atoms with Crippen molar-refractivity contribution >= 4 is 29.3 Å². The molecule has 1 aliphatic rings. The molecule has 0 saturated carbocycles. The van der Waals surface area contributed by atoms with Crippen LogP contribution in [0.4, 0.5) is 5.69 Å². The van der Waals surface area contributed by atoms with Gasteiger partial charge in [0.15, 0.2) is 0 Å². The van der Waals surface area contributed by atoms with E-state index in [-0.39, 0.29) is 11.8 Å². The Hall–Kier alpha value is -3.51. The van der Waals surface area contributed by atoms with E-state index in [1.54, 1.807) is 30.2 Å².